The summed E-state index contributed by atoms with van der Waals surface area (Å²) in [7, 11) is 0. The zero-order valence-electron chi connectivity index (χ0n) is 5.92. The lowest BCUT2D eigenvalue weighted by atomic mass is 10.4. The number of alkyl halides is 1. The molecule has 1 unspecified atom stereocenters. The fraction of sp³-hybridized carbons (Fsp3) is 0.857. The third kappa shape index (κ3) is 2.06. The molecule has 1 aliphatic heterocycles. The van der Waals surface area contributed by atoms with Gasteiger partial charge in [0.2, 0.25) is 0 Å². The Hall–Kier alpha value is -0.440. The normalized spacial score (nSPS) is 22.9. The van der Waals surface area contributed by atoms with Crippen LogP contribution in [0.1, 0.15) is 12.8 Å². The summed E-state index contributed by atoms with van der Waals surface area (Å²) < 4.78 is 12.4. The molecule has 0 aromatic heterocycles. The standard InChI is InChI=1S/C7H12FNO/c8-7(6-10)5-9-3-1-2-4-9/h6-7H,1-5H2. The van der Waals surface area contributed by atoms with E-state index in [0.29, 0.717) is 12.8 Å². The Kier molecular flexibility index (Phi) is 2.81. The molecule has 1 fully saturated rings. The Morgan fingerprint density at radius 1 is 1.50 bits per heavy atom. The van der Waals surface area contributed by atoms with Crippen LogP contribution in [0.5, 0.6) is 0 Å². The summed E-state index contributed by atoms with van der Waals surface area (Å²) in [4.78, 5) is 11.9. The smallest absolute Gasteiger partial charge is 0.168 e. The van der Waals surface area contributed by atoms with Gasteiger partial charge in [0, 0.05) is 6.54 Å². The minimum atomic E-state index is -1.28. The van der Waals surface area contributed by atoms with E-state index in [9.17, 15) is 9.18 Å². The van der Waals surface area contributed by atoms with Gasteiger partial charge in [0.1, 0.15) is 0 Å². The number of likely N-dealkylation sites (tertiary alicyclic amines) is 1. The van der Waals surface area contributed by atoms with Crippen molar-refractivity contribution >= 4 is 6.29 Å². The maximum Gasteiger partial charge on any atom is 0.168 e. The molecule has 0 saturated carbocycles. The highest BCUT2D eigenvalue weighted by atomic mass is 19.1. The van der Waals surface area contributed by atoms with Crippen molar-refractivity contribution in [2.45, 2.75) is 19.0 Å². The molecular formula is C7H12FNO. The second kappa shape index (κ2) is 3.66. The van der Waals surface area contributed by atoms with Crippen LogP contribution in [0.3, 0.4) is 0 Å². The van der Waals surface area contributed by atoms with Gasteiger partial charge in [0.15, 0.2) is 12.5 Å². The Bertz CT molecular complexity index is 112. The molecule has 3 heteroatoms. The SMILES string of the molecule is O=CC(F)CN1CCCC1. The lowest BCUT2D eigenvalue weighted by Crippen LogP contribution is -2.28. The molecule has 1 atom stereocenters. The summed E-state index contributed by atoms with van der Waals surface area (Å²) in [5.41, 5.74) is 0. The van der Waals surface area contributed by atoms with E-state index in [1.54, 1.807) is 0 Å². The van der Waals surface area contributed by atoms with Gasteiger partial charge in [0.05, 0.1) is 0 Å². The highest BCUT2D eigenvalue weighted by Gasteiger charge is 2.15. The molecule has 58 valence electrons. The minimum absolute atomic E-state index is 0.295. The molecule has 1 aliphatic rings. The van der Waals surface area contributed by atoms with Crippen LogP contribution in [0, 0.1) is 0 Å². The second-order valence-corrected chi connectivity index (χ2v) is 2.66. The van der Waals surface area contributed by atoms with Crippen molar-refractivity contribution in [3.8, 4) is 0 Å². The van der Waals surface area contributed by atoms with E-state index in [1.165, 1.54) is 0 Å². The number of halogens is 1. The van der Waals surface area contributed by atoms with Gasteiger partial charge in [-0.2, -0.15) is 0 Å². The summed E-state index contributed by atoms with van der Waals surface area (Å²) in [5.74, 6) is 0. The van der Waals surface area contributed by atoms with Crippen LogP contribution >= 0.6 is 0 Å². The highest BCUT2D eigenvalue weighted by molar-refractivity contribution is 5.55. The molecule has 0 aromatic rings. The Balaban J connectivity index is 2.17. The first-order valence-corrected chi connectivity index (χ1v) is 3.64. The second-order valence-electron chi connectivity index (χ2n) is 2.66. The van der Waals surface area contributed by atoms with E-state index in [2.05, 4.69) is 0 Å². The zero-order valence-corrected chi connectivity index (χ0v) is 5.92. The van der Waals surface area contributed by atoms with Gasteiger partial charge in [-0.25, -0.2) is 4.39 Å². The lowest BCUT2D eigenvalue weighted by molar-refractivity contribution is -0.112. The van der Waals surface area contributed by atoms with E-state index >= 15 is 0 Å². The molecule has 1 saturated heterocycles. The predicted molar refractivity (Wildman–Crippen MR) is 36.6 cm³/mol. The average molecular weight is 145 g/mol. The summed E-state index contributed by atoms with van der Waals surface area (Å²) in [6.45, 7) is 2.20. The molecule has 10 heavy (non-hydrogen) atoms. The number of hydrogen-bond acceptors (Lipinski definition) is 2. The van der Waals surface area contributed by atoms with E-state index in [1.807, 2.05) is 4.90 Å². The molecule has 0 N–H and O–H groups in total. The Morgan fingerprint density at radius 2 is 2.10 bits per heavy atom. The van der Waals surface area contributed by atoms with Gasteiger partial charge in [0.25, 0.3) is 0 Å². The maximum absolute atomic E-state index is 12.4. The molecule has 0 aromatic carbocycles. The predicted octanol–water partition coefficient (Wildman–Crippen LogP) is 0.619. The monoisotopic (exact) mass is 145 g/mol. The molecule has 0 aliphatic carbocycles. The van der Waals surface area contributed by atoms with Gasteiger partial charge in [-0.3, -0.25) is 4.90 Å². The fourth-order valence-electron chi connectivity index (χ4n) is 1.25. The molecule has 1 rings (SSSR count). The van der Waals surface area contributed by atoms with Crippen LogP contribution in [0.25, 0.3) is 0 Å². The maximum atomic E-state index is 12.4. The van der Waals surface area contributed by atoms with E-state index in [4.69, 9.17) is 0 Å². The van der Waals surface area contributed by atoms with Crippen molar-refractivity contribution < 1.29 is 9.18 Å². The fourth-order valence-corrected chi connectivity index (χ4v) is 1.25. The van der Waals surface area contributed by atoms with Gasteiger partial charge < -0.3 is 4.79 Å². The van der Waals surface area contributed by atoms with Gasteiger partial charge >= 0.3 is 0 Å². The zero-order chi connectivity index (χ0) is 7.40. The number of hydrogen-bond donors (Lipinski definition) is 0. The summed E-state index contributed by atoms with van der Waals surface area (Å²) in [6, 6.07) is 0. The number of nitrogens with zero attached hydrogens (tertiary/aromatic N) is 1. The van der Waals surface area contributed by atoms with Crippen LogP contribution in [-0.2, 0) is 4.79 Å². The van der Waals surface area contributed by atoms with Crippen molar-refractivity contribution in [3.05, 3.63) is 0 Å². The number of carbonyl (C=O) groups excluding carboxylic acids is 1. The first-order chi connectivity index (χ1) is 4.83. The first kappa shape index (κ1) is 7.66. The van der Waals surface area contributed by atoms with E-state index in [-0.39, 0.29) is 0 Å². The van der Waals surface area contributed by atoms with Crippen molar-refractivity contribution in [2.75, 3.05) is 19.6 Å². The van der Waals surface area contributed by atoms with Crippen LogP contribution < -0.4 is 0 Å². The van der Waals surface area contributed by atoms with Crippen molar-refractivity contribution in [2.24, 2.45) is 0 Å². The van der Waals surface area contributed by atoms with Gasteiger partial charge in [-0.1, -0.05) is 0 Å². The Labute approximate surface area is 60.0 Å². The largest absolute Gasteiger partial charge is 0.300 e. The van der Waals surface area contributed by atoms with Gasteiger partial charge in [-0.05, 0) is 25.9 Å². The molecule has 2 nitrogen and oxygen atoms in total. The molecule has 0 radical (unpaired) electrons. The average Bonchev–Trinajstić information content (AvgIpc) is 2.40. The third-order valence-electron chi connectivity index (χ3n) is 1.78. The number of aldehydes is 1. The molecule has 0 amide bonds. The molecule has 1 heterocycles. The first-order valence-electron chi connectivity index (χ1n) is 3.64. The van der Waals surface area contributed by atoms with Gasteiger partial charge in [-0.15, -0.1) is 0 Å². The third-order valence-corrected chi connectivity index (χ3v) is 1.78. The highest BCUT2D eigenvalue weighted by Crippen LogP contribution is 2.07. The molecule has 0 bridgehead atoms. The van der Waals surface area contributed by atoms with Crippen LogP contribution in [0.15, 0.2) is 0 Å². The van der Waals surface area contributed by atoms with Crippen molar-refractivity contribution in [1.82, 2.24) is 4.90 Å². The van der Waals surface area contributed by atoms with Crippen LogP contribution in [0.2, 0.25) is 0 Å². The molecular weight excluding hydrogens is 133 g/mol. The number of carbonyl (C=O) groups is 1. The Morgan fingerprint density at radius 3 is 2.60 bits per heavy atom. The minimum Gasteiger partial charge on any atom is -0.300 e. The quantitative estimate of drug-likeness (QED) is 0.542. The van der Waals surface area contributed by atoms with E-state index < -0.39 is 6.17 Å². The van der Waals surface area contributed by atoms with Crippen LogP contribution in [0.4, 0.5) is 4.39 Å². The van der Waals surface area contributed by atoms with Crippen molar-refractivity contribution in [1.29, 1.82) is 0 Å². The molecule has 0 spiro atoms. The summed E-state index contributed by atoms with van der Waals surface area (Å²) in [5, 5.41) is 0. The topological polar surface area (TPSA) is 20.3 Å². The summed E-state index contributed by atoms with van der Waals surface area (Å²) >= 11 is 0. The lowest BCUT2D eigenvalue weighted by Gasteiger charge is -2.13. The van der Waals surface area contributed by atoms with E-state index in [0.717, 1.165) is 25.9 Å². The van der Waals surface area contributed by atoms with Crippen molar-refractivity contribution in [3.63, 3.8) is 0 Å². The number of rotatable bonds is 3. The summed E-state index contributed by atoms with van der Waals surface area (Å²) in [6.07, 6.45) is 1.38. The van der Waals surface area contributed by atoms with Crippen LogP contribution in [-0.4, -0.2) is 37.0 Å².